The Hall–Kier alpha value is -2.42. The normalized spacial score (nSPS) is 21.9. The van der Waals surface area contributed by atoms with Crippen LogP contribution in [0, 0.1) is 17.8 Å². The van der Waals surface area contributed by atoms with E-state index in [0.29, 0.717) is 51.0 Å². The number of hydrogen-bond donors (Lipinski definition) is 4. The van der Waals surface area contributed by atoms with Crippen LogP contribution in [0.4, 0.5) is 0 Å². The van der Waals surface area contributed by atoms with Gasteiger partial charge in [0.25, 0.3) is 0 Å². The molecule has 0 spiro atoms. The van der Waals surface area contributed by atoms with Gasteiger partial charge in [0, 0.05) is 6.42 Å². The van der Waals surface area contributed by atoms with Crippen molar-refractivity contribution in [3.05, 3.63) is 35.9 Å². The van der Waals surface area contributed by atoms with Crippen molar-refractivity contribution in [3.8, 4) is 0 Å². The molecule has 2 aliphatic carbocycles. The lowest BCUT2D eigenvalue weighted by Crippen LogP contribution is -2.69. The van der Waals surface area contributed by atoms with Crippen LogP contribution in [0.2, 0.25) is 0 Å². The molecule has 1 amide bonds. The predicted molar refractivity (Wildman–Crippen MR) is 188 cm³/mol. The highest BCUT2D eigenvalue weighted by Gasteiger charge is 2.55. The van der Waals surface area contributed by atoms with Crippen LogP contribution in [0.25, 0.3) is 0 Å². The minimum absolute atomic E-state index is 0.0617. The summed E-state index contributed by atoms with van der Waals surface area (Å²) in [6.07, 6.45) is 18.5. The Kier molecular flexibility index (Phi) is 16.1. The van der Waals surface area contributed by atoms with Crippen molar-refractivity contribution in [2.45, 2.75) is 146 Å². The number of aldehydes is 1. The number of carbonyl (C=O) groups is 4. The number of Topliss-reactive ketones (excluding diaryl/α,β-unsaturated/α-hetero) is 2. The van der Waals surface area contributed by atoms with E-state index in [2.05, 4.69) is 40.2 Å². The first-order valence-corrected chi connectivity index (χ1v) is 19.0. The topological polar surface area (TPSA) is 130 Å². The van der Waals surface area contributed by atoms with Gasteiger partial charge >= 0.3 is 0 Å². The molecule has 1 heterocycles. The Balaban J connectivity index is 1.63. The van der Waals surface area contributed by atoms with Gasteiger partial charge in [0.15, 0.2) is 17.6 Å². The summed E-state index contributed by atoms with van der Waals surface area (Å²) in [5.74, 6) is -1.29. The van der Waals surface area contributed by atoms with Crippen molar-refractivity contribution in [2.75, 3.05) is 19.6 Å². The van der Waals surface area contributed by atoms with Gasteiger partial charge < -0.3 is 26.5 Å². The predicted octanol–water partition coefficient (Wildman–Crippen LogP) is 5.60. The van der Waals surface area contributed by atoms with E-state index in [9.17, 15) is 14.4 Å². The molecule has 4 rings (SSSR count). The Bertz CT molecular complexity index is 1100. The van der Waals surface area contributed by atoms with E-state index in [1.54, 1.807) is 0 Å². The molecule has 8 heteroatoms. The monoisotopic (exact) mass is 650 g/mol. The molecule has 2 saturated carbocycles. The Morgan fingerprint density at radius 1 is 0.872 bits per heavy atom. The third-order valence-corrected chi connectivity index (χ3v) is 11.1. The Morgan fingerprint density at radius 2 is 1.60 bits per heavy atom. The van der Waals surface area contributed by atoms with E-state index in [-0.39, 0.29) is 23.4 Å². The average molecular weight is 651 g/mol. The minimum atomic E-state index is -1.88. The van der Waals surface area contributed by atoms with Crippen LogP contribution >= 0.6 is 0 Å². The molecule has 8 nitrogen and oxygen atoms in total. The number of carbonyl (C=O) groups excluding carboxylic acids is 4. The fourth-order valence-electron chi connectivity index (χ4n) is 8.49. The SMILES string of the molecule is NCCCCCC(=O)C(C1CCCCC1)[C@@](C=O)(NC(=O)[C@@H]1CCCN1)C(=O)[C@@H](CC1CCCCC1)NCCCCc1ccccc1. The third kappa shape index (κ3) is 11.0. The maximum absolute atomic E-state index is 15.2. The number of amides is 1. The molecule has 3 aliphatic rings. The fourth-order valence-corrected chi connectivity index (χ4v) is 8.49. The molecule has 0 bridgehead atoms. The second-order valence-electron chi connectivity index (χ2n) is 14.6. The molecule has 1 unspecified atom stereocenters. The molecule has 262 valence electrons. The molecule has 1 saturated heterocycles. The largest absolute Gasteiger partial charge is 0.335 e. The van der Waals surface area contributed by atoms with Gasteiger partial charge in [0.1, 0.15) is 5.78 Å². The van der Waals surface area contributed by atoms with E-state index in [1.807, 2.05) is 6.07 Å². The molecule has 4 atom stereocenters. The summed E-state index contributed by atoms with van der Waals surface area (Å²) in [4.78, 5) is 57.0. The molecular formula is C39H62N4O4. The standard InChI is InChI=1S/C39H62N4O4/c40-25-13-4-11-24-35(45)36(32-21-9-3-10-22-32)39(29-44,43-38(47)33-23-15-27-41-33)37(46)34(28-31-19-7-2-8-20-31)42-26-14-12-18-30-16-5-1-6-17-30/h1,5-6,16-17,29,31-34,36,41-42H,2-4,7-15,18-28,40H2,(H,43,47)/t33-,34+,36?,39+/m0/s1. The first-order valence-electron chi connectivity index (χ1n) is 19.0. The van der Waals surface area contributed by atoms with Gasteiger partial charge in [-0.15, -0.1) is 0 Å². The summed E-state index contributed by atoms with van der Waals surface area (Å²) in [7, 11) is 0. The van der Waals surface area contributed by atoms with E-state index < -0.39 is 23.5 Å². The highest BCUT2D eigenvalue weighted by molar-refractivity contribution is 6.12. The van der Waals surface area contributed by atoms with E-state index in [4.69, 9.17) is 5.73 Å². The van der Waals surface area contributed by atoms with Crippen molar-refractivity contribution < 1.29 is 19.2 Å². The van der Waals surface area contributed by atoms with Gasteiger partial charge in [-0.3, -0.25) is 14.4 Å². The van der Waals surface area contributed by atoms with Crippen LogP contribution in [-0.2, 0) is 25.6 Å². The summed E-state index contributed by atoms with van der Waals surface area (Å²) >= 11 is 0. The minimum Gasteiger partial charge on any atom is -0.335 e. The highest BCUT2D eigenvalue weighted by atomic mass is 16.2. The Morgan fingerprint density at radius 3 is 2.26 bits per heavy atom. The summed E-state index contributed by atoms with van der Waals surface area (Å²) in [5.41, 5.74) is 5.14. The van der Waals surface area contributed by atoms with Crippen molar-refractivity contribution in [1.29, 1.82) is 0 Å². The van der Waals surface area contributed by atoms with E-state index in [1.165, 1.54) is 12.0 Å². The van der Waals surface area contributed by atoms with Crippen molar-refractivity contribution >= 4 is 23.8 Å². The van der Waals surface area contributed by atoms with Crippen LogP contribution in [0.1, 0.15) is 128 Å². The third-order valence-electron chi connectivity index (χ3n) is 11.1. The lowest BCUT2D eigenvalue weighted by atomic mass is 9.64. The van der Waals surface area contributed by atoms with Crippen LogP contribution < -0.4 is 21.7 Å². The van der Waals surface area contributed by atoms with Crippen LogP contribution in [0.5, 0.6) is 0 Å². The van der Waals surface area contributed by atoms with Gasteiger partial charge in [-0.1, -0.05) is 88.1 Å². The van der Waals surface area contributed by atoms with Gasteiger partial charge in [-0.05, 0) is 101 Å². The number of nitrogens with one attached hydrogen (secondary N) is 3. The number of benzene rings is 1. The van der Waals surface area contributed by atoms with Crippen LogP contribution in [-0.4, -0.2) is 61.0 Å². The summed E-state index contributed by atoms with van der Waals surface area (Å²) in [6, 6.07) is 9.36. The van der Waals surface area contributed by atoms with Crippen molar-refractivity contribution in [3.63, 3.8) is 0 Å². The number of nitrogens with two attached hydrogens (primary N) is 1. The zero-order chi connectivity index (χ0) is 33.3. The van der Waals surface area contributed by atoms with E-state index in [0.717, 1.165) is 103 Å². The van der Waals surface area contributed by atoms with Gasteiger partial charge in [0.05, 0.1) is 18.0 Å². The van der Waals surface area contributed by atoms with Gasteiger partial charge in [-0.2, -0.15) is 0 Å². The number of ketones is 2. The van der Waals surface area contributed by atoms with Crippen molar-refractivity contribution in [2.24, 2.45) is 23.5 Å². The summed E-state index contributed by atoms with van der Waals surface area (Å²) in [6.45, 7) is 1.94. The summed E-state index contributed by atoms with van der Waals surface area (Å²) < 4.78 is 0. The number of aryl methyl sites for hydroxylation is 1. The van der Waals surface area contributed by atoms with Gasteiger partial charge in [-0.25, -0.2) is 0 Å². The van der Waals surface area contributed by atoms with Crippen LogP contribution in [0.3, 0.4) is 0 Å². The molecule has 1 aromatic rings. The quantitative estimate of drug-likeness (QED) is 0.0775. The first-order chi connectivity index (χ1) is 23.0. The number of unbranched alkanes of at least 4 members (excludes halogenated alkanes) is 3. The Labute approximate surface area is 283 Å². The lowest BCUT2D eigenvalue weighted by molar-refractivity contribution is -0.148. The molecule has 5 N–H and O–H groups in total. The number of hydrogen-bond acceptors (Lipinski definition) is 7. The van der Waals surface area contributed by atoms with E-state index >= 15 is 4.79 Å². The molecule has 0 radical (unpaired) electrons. The van der Waals surface area contributed by atoms with Crippen LogP contribution in [0.15, 0.2) is 30.3 Å². The smallest absolute Gasteiger partial charge is 0.238 e. The van der Waals surface area contributed by atoms with Crippen molar-refractivity contribution in [1.82, 2.24) is 16.0 Å². The number of rotatable bonds is 21. The average Bonchev–Trinajstić information content (AvgIpc) is 3.66. The first kappa shape index (κ1) is 37.4. The zero-order valence-corrected chi connectivity index (χ0v) is 28.8. The lowest BCUT2D eigenvalue weighted by Gasteiger charge is -2.43. The second-order valence-corrected chi connectivity index (χ2v) is 14.6. The maximum atomic E-state index is 15.2. The molecule has 47 heavy (non-hydrogen) atoms. The molecule has 0 aromatic heterocycles. The summed E-state index contributed by atoms with van der Waals surface area (Å²) in [5, 5.41) is 9.88. The zero-order valence-electron chi connectivity index (χ0n) is 28.8. The molecule has 1 aromatic carbocycles. The molecular weight excluding hydrogens is 588 g/mol. The van der Waals surface area contributed by atoms with Gasteiger partial charge in [0.2, 0.25) is 5.91 Å². The maximum Gasteiger partial charge on any atom is 0.238 e. The molecule has 1 aliphatic heterocycles. The highest BCUT2D eigenvalue weighted by Crippen LogP contribution is 2.39. The molecule has 3 fully saturated rings. The fraction of sp³-hybridized carbons (Fsp3) is 0.744. The second kappa shape index (κ2) is 20.2.